The Bertz CT molecular complexity index is 929. The second-order valence-electron chi connectivity index (χ2n) is 5.65. The van der Waals surface area contributed by atoms with Crippen molar-refractivity contribution in [2.24, 2.45) is 0 Å². The van der Waals surface area contributed by atoms with Crippen molar-refractivity contribution < 1.29 is 13.6 Å². The lowest BCUT2D eigenvalue weighted by atomic mass is 10.1. The predicted molar refractivity (Wildman–Crippen MR) is 94.0 cm³/mol. The average Bonchev–Trinajstić information content (AvgIpc) is 2.64. The highest BCUT2D eigenvalue weighted by Crippen LogP contribution is 2.18. The first-order valence-corrected chi connectivity index (χ1v) is 7.90. The van der Waals surface area contributed by atoms with Crippen LogP contribution in [0.25, 0.3) is 0 Å². The molecule has 0 fully saturated rings. The summed E-state index contributed by atoms with van der Waals surface area (Å²) in [7, 11) is 0. The second-order valence-corrected chi connectivity index (χ2v) is 5.65. The number of carbonyl (C=O) groups is 1. The van der Waals surface area contributed by atoms with Gasteiger partial charge >= 0.3 is 0 Å². The fourth-order valence-corrected chi connectivity index (χ4v) is 2.31. The molecule has 2 N–H and O–H groups in total. The number of carbonyl (C=O) groups excluding carboxylic acids is 1. The summed E-state index contributed by atoms with van der Waals surface area (Å²) in [6.07, 6.45) is 2.67. The topological polar surface area (TPSA) is 66.9 Å². The lowest BCUT2D eigenvalue weighted by Crippen LogP contribution is -2.23. The molecule has 0 unspecified atom stereocenters. The van der Waals surface area contributed by atoms with Gasteiger partial charge in [0.15, 0.2) is 0 Å². The van der Waals surface area contributed by atoms with Crippen LogP contribution in [0.3, 0.4) is 0 Å². The predicted octanol–water partition coefficient (Wildman–Crippen LogP) is 3.74. The summed E-state index contributed by atoms with van der Waals surface area (Å²) >= 11 is 0. The lowest BCUT2D eigenvalue weighted by Gasteiger charge is -2.09. The number of rotatable bonds is 5. The van der Waals surface area contributed by atoms with Gasteiger partial charge < -0.3 is 10.6 Å². The first-order chi connectivity index (χ1) is 12.5. The Balaban J connectivity index is 1.63. The third-order valence-electron chi connectivity index (χ3n) is 3.79. The van der Waals surface area contributed by atoms with E-state index in [0.29, 0.717) is 6.54 Å². The number of halogens is 2. The molecular weight excluding hydrogens is 338 g/mol. The summed E-state index contributed by atoms with van der Waals surface area (Å²) in [4.78, 5) is 20.2. The van der Waals surface area contributed by atoms with Gasteiger partial charge in [-0.3, -0.25) is 4.79 Å². The van der Waals surface area contributed by atoms with E-state index < -0.39 is 11.6 Å². The number of nitrogens with one attached hydrogen (secondary N) is 2. The molecule has 1 amide bonds. The summed E-state index contributed by atoms with van der Waals surface area (Å²) in [6.45, 7) is 2.37. The number of aromatic nitrogens is 2. The van der Waals surface area contributed by atoms with Crippen LogP contribution in [0, 0.1) is 18.6 Å². The first-order valence-electron chi connectivity index (χ1n) is 7.90. The van der Waals surface area contributed by atoms with Gasteiger partial charge in [0, 0.05) is 25.0 Å². The molecule has 7 heteroatoms. The molecule has 0 saturated carbocycles. The maximum Gasteiger partial charge on any atom is 0.254 e. The number of hydrogen-bond donors (Lipinski definition) is 2. The molecule has 3 rings (SSSR count). The van der Waals surface area contributed by atoms with Crippen LogP contribution >= 0.6 is 0 Å². The number of benzene rings is 2. The minimum atomic E-state index is -0.756. The molecule has 0 aliphatic carbocycles. The summed E-state index contributed by atoms with van der Waals surface area (Å²) in [6, 6.07) is 10.9. The van der Waals surface area contributed by atoms with Crippen LogP contribution in [0.2, 0.25) is 0 Å². The number of nitrogens with zero attached hydrogens (tertiary/aromatic N) is 2. The maximum absolute atomic E-state index is 13.6. The van der Waals surface area contributed by atoms with Crippen molar-refractivity contribution in [3.63, 3.8) is 0 Å². The zero-order valence-electron chi connectivity index (χ0n) is 14.0. The Labute approximate surface area is 149 Å². The van der Waals surface area contributed by atoms with Gasteiger partial charge in [-0.15, -0.1) is 0 Å². The minimum Gasteiger partial charge on any atom is -0.348 e. The van der Waals surface area contributed by atoms with Crippen LogP contribution in [0.15, 0.2) is 54.9 Å². The lowest BCUT2D eigenvalue weighted by molar-refractivity contribution is 0.0950. The molecule has 132 valence electrons. The average molecular weight is 354 g/mol. The number of hydrogen-bond acceptors (Lipinski definition) is 4. The Morgan fingerprint density at radius 3 is 2.50 bits per heavy atom. The van der Waals surface area contributed by atoms with Gasteiger partial charge in [-0.05, 0) is 30.2 Å². The highest BCUT2D eigenvalue weighted by molar-refractivity contribution is 5.93. The molecule has 0 atom stereocenters. The van der Waals surface area contributed by atoms with Crippen molar-refractivity contribution in [2.75, 3.05) is 5.32 Å². The van der Waals surface area contributed by atoms with Crippen LogP contribution in [0.1, 0.15) is 21.5 Å². The van der Waals surface area contributed by atoms with Crippen molar-refractivity contribution >= 4 is 17.5 Å². The van der Waals surface area contributed by atoms with E-state index in [-0.39, 0.29) is 23.1 Å². The molecule has 1 aromatic heterocycles. The molecule has 0 saturated heterocycles. The van der Waals surface area contributed by atoms with Crippen LogP contribution in [-0.4, -0.2) is 15.9 Å². The Hall–Kier alpha value is -3.35. The summed E-state index contributed by atoms with van der Waals surface area (Å²) in [5.41, 5.74) is 2.43. The molecule has 26 heavy (non-hydrogen) atoms. The van der Waals surface area contributed by atoms with E-state index in [9.17, 15) is 13.6 Å². The van der Waals surface area contributed by atoms with Crippen molar-refractivity contribution in [1.29, 1.82) is 0 Å². The fraction of sp³-hybridized carbons (Fsp3) is 0.105. The fourth-order valence-electron chi connectivity index (χ4n) is 2.31. The summed E-state index contributed by atoms with van der Waals surface area (Å²) in [5, 5.41) is 5.43. The highest BCUT2D eigenvalue weighted by atomic mass is 19.1. The van der Waals surface area contributed by atoms with E-state index in [4.69, 9.17) is 0 Å². The van der Waals surface area contributed by atoms with Crippen LogP contribution in [-0.2, 0) is 6.54 Å². The monoisotopic (exact) mass is 354 g/mol. The van der Waals surface area contributed by atoms with Crippen molar-refractivity contribution in [3.05, 3.63) is 83.2 Å². The third-order valence-corrected chi connectivity index (χ3v) is 3.79. The maximum atomic E-state index is 13.6. The van der Waals surface area contributed by atoms with Crippen molar-refractivity contribution in [2.45, 2.75) is 13.5 Å². The van der Waals surface area contributed by atoms with E-state index in [1.54, 1.807) is 0 Å². The van der Waals surface area contributed by atoms with Gasteiger partial charge in [0.2, 0.25) is 5.95 Å². The van der Waals surface area contributed by atoms with Crippen LogP contribution in [0.5, 0.6) is 0 Å². The molecule has 2 aromatic carbocycles. The molecule has 0 aliphatic rings. The van der Waals surface area contributed by atoms with Gasteiger partial charge in [0.1, 0.15) is 11.6 Å². The number of aryl methyl sites for hydroxylation is 1. The Morgan fingerprint density at radius 1 is 1.08 bits per heavy atom. The zero-order valence-corrected chi connectivity index (χ0v) is 14.0. The normalized spacial score (nSPS) is 10.4. The minimum absolute atomic E-state index is 0.0446. The summed E-state index contributed by atoms with van der Waals surface area (Å²) < 4.78 is 26.5. The SMILES string of the molecule is Cc1ccccc1CNC(=O)c1cnc(Nc2ccc(F)cc2F)nc1. The molecule has 1 heterocycles. The third kappa shape index (κ3) is 4.18. The van der Waals surface area contributed by atoms with E-state index in [1.165, 1.54) is 18.5 Å². The standard InChI is InChI=1S/C19H16F2N4O/c1-12-4-2-3-5-13(12)9-22-18(26)14-10-23-19(24-11-14)25-17-7-6-15(20)8-16(17)21/h2-8,10-11H,9H2,1H3,(H,22,26)(H,23,24,25). The molecule has 0 aliphatic heterocycles. The number of anilines is 2. The molecular formula is C19H16F2N4O. The van der Waals surface area contributed by atoms with Gasteiger partial charge in [0.05, 0.1) is 11.3 Å². The first kappa shape index (κ1) is 17.5. The second kappa shape index (κ2) is 7.69. The molecule has 3 aromatic rings. The Morgan fingerprint density at radius 2 is 1.81 bits per heavy atom. The molecule has 5 nitrogen and oxygen atoms in total. The summed E-state index contributed by atoms with van der Waals surface area (Å²) in [5.74, 6) is -1.64. The van der Waals surface area contributed by atoms with E-state index >= 15 is 0 Å². The molecule has 0 radical (unpaired) electrons. The quantitative estimate of drug-likeness (QED) is 0.733. The van der Waals surface area contributed by atoms with Gasteiger partial charge in [0.25, 0.3) is 5.91 Å². The largest absolute Gasteiger partial charge is 0.348 e. The Kier molecular flexibility index (Phi) is 5.17. The van der Waals surface area contributed by atoms with Crippen LogP contribution in [0.4, 0.5) is 20.4 Å². The molecule has 0 bridgehead atoms. The van der Waals surface area contributed by atoms with Gasteiger partial charge in [-0.1, -0.05) is 24.3 Å². The molecule has 0 spiro atoms. The van der Waals surface area contributed by atoms with E-state index in [2.05, 4.69) is 20.6 Å². The smallest absolute Gasteiger partial charge is 0.254 e. The van der Waals surface area contributed by atoms with Gasteiger partial charge in [-0.2, -0.15) is 0 Å². The number of amides is 1. The van der Waals surface area contributed by atoms with Crippen LogP contribution < -0.4 is 10.6 Å². The van der Waals surface area contributed by atoms with Crippen molar-refractivity contribution in [1.82, 2.24) is 15.3 Å². The van der Waals surface area contributed by atoms with Crippen molar-refractivity contribution in [3.8, 4) is 0 Å². The highest BCUT2D eigenvalue weighted by Gasteiger charge is 2.09. The van der Waals surface area contributed by atoms with Gasteiger partial charge in [-0.25, -0.2) is 18.7 Å². The zero-order chi connectivity index (χ0) is 18.5. The van der Waals surface area contributed by atoms with E-state index in [1.807, 2.05) is 31.2 Å². The van der Waals surface area contributed by atoms with E-state index in [0.717, 1.165) is 23.3 Å².